The largest absolute Gasteiger partial charge is 0.294 e. The molecule has 0 aromatic carbocycles. The van der Waals surface area contributed by atoms with E-state index in [1.54, 1.807) is 40.6 Å². The molecule has 3 aromatic rings. The van der Waals surface area contributed by atoms with Gasteiger partial charge in [-0.05, 0) is 42.2 Å². The molecule has 0 saturated carbocycles. The summed E-state index contributed by atoms with van der Waals surface area (Å²) in [6.45, 7) is 6.25. The molecule has 5 nitrogen and oxygen atoms in total. The fourth-order valence-corrected chi connectivity index (χ4v) is 6.66. The minimum absolute atomic E-state index is 0.0127. The number of nitrogens with one attached hydrogen (secondary N) is 1. The molecule has 0 saturated heterocycles. The van der Waals surface area contributed by atoms with Gasteiger partial charge in [-0.3, -0.25) is 9.89 Å². The summed E-state index contributed by atoms with van der Waals surface area (Å²) in [6.07, 6.45) is 3.23. The molecule has 4 rings (SSSR count). The Labute approximate surface area is 151 Å². The minimum atomic E-state index is -0.0127. The average molecular weight is 377 g/mol. The van der Waals surface area contributed by atoms with E-state index in [1.807, 2.05) is 13.0 Å². The third kappa shape index (κ3) is 2.82. The molecule has 3 aromatic heterocycles. The highest BCUT2D eigenvalue weighted by atomic mass is 32.2. The highest BCUT2D eigenvalue weighted by Crippen LogP contribution is 2.49. The van der Waals surface area contributed by atoms with Gasteiger partial charge in [0, 0.05) is 18.2 Å². The number of nitrogens with zero attached hydrogens (tertiary/aromatic N) is 3. The lowest BCUT2D eigenvalue weighted by atomic mass is 9.74. The van der Waals surface area contributed by atoms with Gasteiger partial charge in [0.1, 0.15) is 5.01 Å². The number of aromatic nitrogens is 4. The Bertz CT molecular complexity index is 908. The van der Waals surface area contributed by atoms with Crippen LogP contribution in [-0.4, -0.2) is 26.2 Å². The summed E-state index contributed by atoms with van der Waals surface area (Å²) in [5, 5.41) is 16.3. The van der Waals surface area contributed by atoms with Crippen LogP contribution in [0.15, 0.2) is 20.8 Å². The Morgan fingerprint density at radius 2 is 2.08 bits per heavy atom. The Morgan fingerprint density at radius 1 is 1.25 bits per heavy atom. The summed E-state index contributed by atoms with van der Waals surface area (Å²) in [5.74, 6) is 0.229. The Balaban J connectivity index is 1.84. The van der Waals surface area contributed by atoms with Crippen LogP contribution in [0.5, 0.6) is 0 Å². The van der Waals surface area contributed by atoms with Crippen LogP contribution < -0.4 is 0 Å². The molecular formula is C16H16N4OS3. The number of rotatable bonds is 3. The molecule has 8 heteroatoms. The standard InChI is InChI=1S/C16H16N4OS3/c1-8-18-20-15(22-8)24-14-12-9(6-16(2,3)7-11(12)21)13(23-14)10-4-5-17-19-10/h4-5H,6-7H2,1-3H3,(H,17,19). The summed E-state index contributed by atoms with van der Waals surface area (Å²) in [4.78, 5) is 14.0. The second kappa shape index (κ2) is 5.79. The summed E-state index contributed by atoms with van der Waals surface area (Å²) in [6, 6.07) is 1.96. The molecule has 0 spiro atoms. The smallest absolute Gasteiger partial charge is 0.179 e. The number of H-pyrrole nitrogens is 1. The highest BCUT2D eigenvalue weighted by Gasteiger charge is 2.37. The fourth-order valence-electron chi connectivity index (χ4n) is 3.03. The van der Waals surface area contributed by atoms with E-state index < -0.39 is 0 Å². The van der Waals surface area contributed by atoms with E-state index in [0.29, 0.717) is 6.42 Å². The first kappa shape index (κ1) is 16.0. The van der Waals surface area contributed by atoms with Crippen molar-refractivity contribution in [1.82, 2.24) is 20.4 Å². The number of Topliss-reactive ketones (excluding diaryl/α,β-unsaturated/α-hetero) is 1. The molecule has 0 amide bonds. The number of fused-ring (bicyclic) bond motifs is 1. The number of ketones is 1. The van der Waals surface area contributed by atoms with Gasteiger partial charge in [-0.1, -0.05) is 25.2 Å². The molecule has 0 bridgehead atoms. The first-order valence-electron chi connectivity index (χ1n) is 7.59. The van der Waals surface area contributed by atoms with Gasteiger partial charge in [-0.15, -0.1) is 21.5 Å². The van der Waals surface area contributed by atoms with Crippen LogP contribution in [-0.2, 0) is 6.42 Å². The van der Waals surface area contributed by atoms with Gasteiger partial charge in [-0.25, -0.2) is 0 Å². The van der Waals surface area contributed by atoms with Crippen molar-refractivity contribution in [3.63, 3.8) is 0 Å². The molecule has 0 fully saturated rings. The van der Waals surface area contributed by atoms with E-state index >= 15 is 0 Å². The molecule has 0 unspecified atom stereocenters. The zero-order valence-corrected chi connectivity index (χ0v) is 16.0. The van der Waals surface area contributed by atoms with E-state index in [4.69, 9.17) is 0 Å². The molecule has 1 aliphatic rings. The van der Waals surface area contributed by atoms with E-state index in [-0.39, 0.29) is 11.2 Å². The second-order valence-electron chi connectivity index (χ2n) is 6.67. The SMILES string of the molecule is Cc1nnc(Sc2sc(-c3ccn[nH]3)c3c2C(=O)CC(C)(C)C3)s1. The van der Waals surface area contributed by atoms with Crippen LogP contribution in [0.25, 0.3) is 10.6 Å². The molecule has 0 radical (unpaired) electrons. The van der Waals surface area contributed by atoms with E-state index in [9.17, 15) is 4.79 Å². The lowest BCUT2D eigenvalue weighted by molar-refractivity contribution is 0.0910. The third-order valence-electron chi connectivity index (χ3n) is 3.98. The predicted molar refractivity (Wildman–Crippen MR) is 97.1 cm³/mol. The van der Waals surface area contributed by atoms with E-state index in [2.05, 4.69) is 34.2 Å². The van der Waals surface area contributed by atoms with Crippen molar-refractivity contribution < 1.29 is 4.79 Å². The average Bonchev–Trinajstić information content (AvgIpc) is 3.18. The summed E-state index contributed by atoms with van der Waals surface area (Å²) < 4.78 is 1.90. The summed E-state index contributed by atoms with van der Waals surface area (Å²) >= 11 is 4.76. The predicted octanol–water partition coefficient (Wildman–Crippen LogP) is 4.60. The number of hydrogen-bond acceptors (Lipinski definition) is 7. The van der Waals surface area contributed by atoms with Crippen LogP contribution in [0.2, 0.25) is 0 Å². The monoisotopic (exact) mass is 376 g/mol. The van der Waals surface area contributed by atoms with Crippen LogP contribution >= 0.6 is 34.4 Å². The van der Waals surface area contributed by atoms with E-state index in [1.165, 1.54) is 0 Å². The highest BCUT2D eigenvalue weighted by molar-refractivity contribution is 8.02. The maximum Gasteiger partial charge on any atom is 0.179 e. The maximum atomic E-state index is 12.8. The van der Waals surface area contributed by atoms with Crippen molar-refractivity contribution in [2.75, 3.05) is 0 Å². The minimum Gasteiger partial charge on any atom is -0.294 e. The van der Waals surface area contributed by atoms with Gasteiger partial charge < -0.3 is 0 Å². The third-order valence-corrected chi connectivity index (χ3v) is 7.32. The number of carbonyl (C=O) groups excluding carboxylic acids is 1. The zero-order valence-electron chi connectivity index (χ0n) is 13.5. The normalized spacial score (nSPS) is 16.4. The fraction of sp³-hybridized carbons (Fsp3) is 0.375. The first-order valence-corrected chi connectivity index (χ1v) is 10.0. The number of aromatic amines is 1. The summed E-state index contributed by atoms with van der Waals surface area (Å²) in [5.41, 5.74) is 2.99. The van der Waals surface area contributed by atoms with Crippen LogP contribution in [0.1, 0.15) is 41.2 Å². The second-order valence-corrected chi connectivity index (χ2v) is 10.4. The topological polar surface area (TPSA) is 71.5 Å². The number of thiophene rings is 1. The van der Waals surface area contributed by atoms with Crippen molar-refractivity contribution in [3.8, 4) is 10.6 Å². The Kier molecular flexibility index (Phi) is 3.85. The first-order chi connectivity index (χ1) is 11.4. The van der Waals surface area contributed by atoms with Crippen LogP contribution in [0, 0.1) is 12.3 Å². The lowest BCUT2D eigenvalue weighted by Gasteiger charge is -2.29. The Hall–Kier alpha value is -1.51. The van der Waals surface area contributed by atoms with Crippen molar-refractivity contribution in [2.24, 2.45) is 5.41 Å². The number of carbonyl (C=O) groups is 1. The lowest BCUT2D eigenvalue weighted by Crippen LogP contribution is -2.26. The van der Waals surface area contributed by atoms with Gasteiger partial charge in [0.25, 0.3) is 0 Å². The maximum absolute atomic E-state index is 12.8. The molecule has 1 aliphatic carbocycles. The van der Waals surface area contributed by atoms with Crippen molar-refractivity contribution >= 4 is 40.2 Å². The van der Waals surface area contributed by atoms with Gasteiger partial charge in [-0.2, -0.15) is 5.10 Å². The van der Waals surface area contributed by atoms with Crippen LogP contribution in [0.3, 0.4) is 0 Å². The molecule has 0 atom stereocenters. The quantitative estimate of drug-likeness (QED) is 0.723. The van der Waals surface area contributed by atoms with Crippen molar-refractivity contribution in [3.05, 3.63) is 28.4 Å². The van der Waals surface area contributed by atoms with Crippen molar-refractivity contribution in [1.29, 1.82) is 0 Å². The van der Waals surface area contributed by atoms with Gasteiger partial charge in [0.2, 0.25) is 0 Å². The summed E-state index contributed by atoms with van der Waals surface area (Å²) in [7, 11) is 0. The molecule has 1 N–H and O–H groups in total. The zero-order chi connectivity index (χ0) is 16.9. The molecular weight excluding hydrogens is 360 g/mol. The van der Waals surface area contributed by atoms with Gasteiger partial charge in [0.15, 0.2) is 10.1 Å². The number of aryl methyl sites for hydroxylation is 1. The van der Waals surface area contributed by atoms with E-state index in [0.717, 1.165) is 41.7 Å². The molecule has 24 heavy (non-hydrogen) atoms. The van der Waals surface area contributed by atoms with Gasteiger partial charge >= 0.3 is 0 Å². The Morgan fingerprint density at radius 3 is 2.75 bits per heavy atom. The van der Waals surface area contributed by atoms with Crippen molar-refractivity contribution in [2.45, 2.75) is 42.2 Å². The molecule has 3 heterocycles. The van der Waals surface area contributed by atoms with Gasteiger partial charge in [0.05, 0.1) is 14.8 Å². The van der Waals surface area contributed by atoms with Crippen LogP contribution in [0.4, 0.5) is 0 Å². The molecule has 124 valence electrons. The number of hydrogen-bond donors (Lipinski definition) is 1. The molecule has 0 aliphatic heterocycles.